The lowest BCUT2D eigenvalue weighted by Crippen LogP contribution is -2.47. The van der Waals surface area contributed by atoms with Crippen molar-refractivity contribution in [1.29, 1.82) is 0 Å². The van der Waals surface area contributed by atoms with Gasteiger partial charge in [0.1, 0.15) is 18.0 Å². The van der Waals surface area contributed by atoms with Crippen molar-refractivity contribution in [3.05, 3.63) is 83.9 Å². The van der Waals surface area contributed by atoms with Crippen molar-refractivity contribution in [2.24, 2.45) is 5.92 Å². The smallest absolute Gasteiger partial charge is 0.224 e. The Balaban J connectivity index is 1.06. The molecular weight excluding hydrogens is 492 g/mol. The van der Waals surface area contributed by atoms with Crippen LogP contribution in [0.3, 0.4) is 0 Å². The Kier molecular flexibility index (Phi) is 7.35. The molecule has 3 aliphatic rings. The molecule has 2 fully saturated rings. The van der Waals surface area contributed by atoms with E-state index in [0.29, 0.717) is 25.3 Å². The van der Waals surface area contributed by atoms with Crippen LogP contribution >= 0.6 is 0 Å². The van der Waals surface area contributed by atoms with Crippen molar-refractivity contribution in [1.82, 2.24) is 5.32 Å². The van der Waals surface area contributed by atoms with Crippen LogP contribution < -0.4 is 15.4 Å². The first kappa shape index (κ1) is 25.6. The molecule has 0 radical (unpaired) electrons. The van der Waals surface area contributed by atoms with E-state index in [9.17, 15) is 14.7 Å². The van der Waals surface area contributed by atoms with Crippen LogP contribution in [-0.4, -0.2) is 41.8 Å². The van der Waals surface area contributed by atoms with E-state index >= 15 is 0 Å². The van der Waals surface area contributed by atoms with Gasteiger partial charge in [-0.1, -0.05) is 54.6 Å². The fraction of sp³-hybridized carbons (Fsp3) is 0.375. The topological polar surface area (TPSA) is 96.9 Å². The molecule has 4 atom stereocenters. The Hall–Kier alpha value is -3.68. The lowest BCUT2D eigenvalue weighted by atomic mass is 9.84. The second-order valence-electron chi connectivity index (χ2n) is 10.9. The number of hydrogen-bond donors (Lipinski definition) is 3. The van der Waals surface area contributed by atoms with Crippen molar-refractivity contribution in [2.75, 3.05) is 11.9 Å². The Bertz CT molecular complexity index is 1320. The second-order valence-corrected chi connectivity index (χ2v) is 10.9. The molecule has 6 rings (SSSR count). The van der Waals surface area contributed by atoms with Crippen LogP contribution in [0.15, 0.2) is 72.8 Å². The maximum Gasteiger partial charge on any atom is 0.224 e. The van der Waals surface area contributed by atoms with Gasteiger partial charge in [-0.15, -0.1) is 0 Å². The fourth-order valence-electron chi connectivity index (χ4n) is 5.69. The molecule has 202 valence electrons. The summed E-state index contributed by atoms with van der Waals surface area (Å²) in [4.78, 5) is 25.2. The summed E-state index contributed by atoms with van der Waals surface area (Å²) in [5.41, 5.74) is 5.06. The first-order valence-corrected chi connectivity index (χ1v) is 13.8. The number of anilines is 1. The van der Waals surface area contributed by atoms with Crippen LogP contribution in [0, 0.1) is 5.92 Å². The highest BCUT2D eigenvalue weighted by atomic mass is 16.6. The monoisotopic (exact) mass is 526 g/mol. The normalized spacial score (nSPS) is 23.3. The quantitative estimate of drug-likeness (QED) is 0.373. The maximum atomic E-state index is 12.8. The molecule has 1 aliphatic carbocycles. The summed E-state index contributed by atoms with van der Waals surface area (Å²) < 4.78 is 12.3. The SMILES string of the molecule is O=C(C[C@H]1C[C@H]2c3cc(NC(=O)CC4CC4)ccc3O[C@H]2[C@H](CO)O1)NCc1ccc(-c2ccccc2)cc1. The molecule has 3 aromatic rings. The van der Waals surface area contributed by atoms with Gasteiger partial charge in [-0.2, -0.15) is 0 Å². The molecule has 0 unspecified atom stereocenters. The number of ether oxygens (including phenoxy) is 2. The van der Waals surface area contributed by atoms with E-state index < -0.39 is 6.10 Å². The number of carbonyl (C=O) groups excluding carboxylic acids is 2. The minimum Gasteiger partial charge on any atom is -0.487 e. The van der Waals surface area contributed by atoms with Crippen molar-refractivity contribution >= 4 is 17.5 Å². The zero-order valence-electron chi connectivity index (χ0n) is 21.8. The highest BCUT2D eigenvalue weighted by Crippen LogP contribution is 2.47. The number of nitrogens with one attached hydrogen (secondary N) is 2. The van der Waals surface area contributed by atoms with E-state index in [1.165, 1.54) is 0 Å². The molecule has 39 heavy (non-hydrogen) atoms. The van der Waals surface area contributed by atoms with Gasteiger partial charge in [-0.25, -0.2) is 0 Å². The Labute approximate surface area is 228 Å². The van der Waals surface area contributed by atoms with Gasteiger partial charge in [0.05, 0.1) is 19.1 Å². The van der Waals surface area contributed by atoms with Gasteiger partial charge in [0.15, 0.2) is 0 Å². The molecule has 2 amide bonds. The van der Waals surface area contributed by atoms with Crippen molar-refractivity contribution < 1.29 is 24.2 Å². The first-order valence-electron chi connectivity index (χ1n) is 13.8. The molecule has 0 aromatic heterocycles. The molecule has 3 aromatic carbocycles. The van der Waals surface area contributed by atoms with Gasteiger partial charge in [0.2, 0.25) is 11.8 Å². The molecule has 2 heterocycles. The summed E-state index contributed by atoms with van der Waals surface area (Å²) in [7, 11) is 0. The summed E-state index contributed by atoms with van der Waals surface area (Å²) in [5.74, 6) is 1.19. The zero-order chi connectivity index (χ0) is 26.8. The van der Waals surface area contributed by atoms with Gasteiger partial charge >= 0.3 is 0 Å². The van der Waals surface area contributed by atoms with E-state index in [1.807, 2.05) is 48.5 Å². The van der Waals surface area contributed by atoms with E-state index in [1.54, 1.807) is 0 Å². The lowest BCUT2D eigenvalue weighted by Gasteiger charge is -2.37. The average Bonchev–Trinajstić information content (AvgIpc) is 3.70. The van der Waals surface area contributed by atoms with Crippen LogP contribution in [0.4, 0.5) is 5.69 Å². The summed E-state index contributed by atoms with van der Waals surface area (Å²) in [5, 5.41) is 16.0. The Morgan fingerprint density at radius 1 is 0.897 bits per heavy atom. The summed E-state index contributed by atoms with van der Waals surface area (Å²) >= 11 is 0. The molecular formula is C32H34N2O5. The van der Waals surface area contributed by atoms with E-state index in [-0.39, 0.29) is 43.0 Å². The summed E-state index contributed by atoms with van der Waals surface area (Å²) in [6.45, 7) is 0.248. The minimum absolute atomic E-state index is 0.0190. The predicted molar refractivity (Wildman–Crippen MR) is 148 cm³/mol. The molecule has 1 saturated heterocycles. The number of amides is 2. The molecule has 7 nitrogen and oxygen atoms in total. The standard InChI is InChI=1S/C32H34N2O5/c35-19-29-32-27(26-15-24(12-13-28(26)39-32)34-31(37)14-20-6-7-20)16-25(38-29)17-30(36)33-18-21-8-10-23(11-9-21)22-4-2-1-3-5-22/h1-5,8-13,15,20,25,27,29,32,35H,6-7,14,16-19H2,(H,33,36)(H,34,37)/t25-,27+,29+,32-/m1/s1. The minimum atomic E-state index is -0.521. The molecule has 2 aliphatic heterocycles. The summed E-state index contributed by atoms with van der Waals surface area (Å²) in [6, 6.07) is 24.1. The third-order valence-electron chi connectivity index (χ3n) is 7.92. The third kappa shape index (κ3) is 6.00. The number of aliphatic hydroxyl groups excluding tert-OH is 1. The Morgan fingerprint density at radius 2 is 1.67 bits per heavy atom. The van der Waals surface area contributed by atoms with E-state index in [4.69, 9.17) is 9.47 Å². The molecule has 7 heteroatoms. The van der Waals surface area contributed by atoms with Crippen molar-refractivity contribution in [3.63, 3.8) is 0 Å². The number of rotatable bonds is 9. The maximum absolute atomic E-state index is 12.8. The molecule has 3 N–H and O–H groups in total. The number of carbonyl (C=O) groups is 2. The van der Waals surface area contributed by atoms with Gasteiger partial charge in [0, 0.05) is 30.1 Å². The van der Waals surface area contributed by atoms with Gasteiger partial charge < -0.3 is 25.2 Å². The fourth-order valence-corrected chi connectivity index (χ4v) is 5.69. The van der Waals surface area contributed by atoms with E-state index in [0.717, 1.165) is 46.5 Å². The van der Waals surface area contributed by atoms with Crippen molar-refractivity contribution in [2.45, 2.75) is 62.9 Å². The number of hydrogen-bond acceptors (Lipinski definition) is 5. The number of fused-ring (bicyclic) bond motifs is 3. The molecule has 0 bridgehead atoms. The second kappa shape index (κ2) is 11.2. The highest BCUT2D eigenvalue weighted by molar-refractivity contribution is 5.91. The number of aliphatic hydroxyl groups is 1. The van der Waals surface area contributed by atoms with Gasteiger partial charge in [-0.05, 0) is 60.1 Å². The van der Waals surface area contributed by atoms with Gasteiger partial charge in [-0.3, -0.25) is 9.59 Å². The highest BCUT2D eigenvalue weighted by Gasteiger charge is 2.46. The van der Waals surface area contributed by atoms with Crippen LogP contribution in [0.2, 0.25) is 0 Å². The van der Waals surface area contributed by atoms with Crippen LogP contribution in [0.1, 0.15) is 49.1 Å². The van der Waals surface area contributed by atoms with Crippen LogP contribution in [0.5, 0.6) is 5.75 Å². The lowest BCUT2D eigenvalue weighted by molar-refractivity contribution is -0.142. The van der Waals surface area contributed by atoms with E-state index in [2.05, 4.69) is 34.9 Å². The molecule has 1 saturated carbocycles. The van der Waals surface area contributed by atoms with Crippen LogP contribution in [-0.2, 0) is 20.9 Å². The van der Waals surface area contributed by atoms with Crippen LogP contribution in [0.25, 0.3) is 11.1 Å². The Morgan fingerprint density at radius 3 is 2.41 bits per heavy atom. The average molecular weight is 527 g/mol. The zero-order valence-corrected chi connectivity index (χ0v) is 21.8. The molecule has 0 spiro atoms. The first-order chi connectivity index (χ1) is 19.1. The third-order valence-corrected chi connectivity index (χ3v) is 7.92. The predicted octanol–water partition coefficient (Wildman–Crippen LogP) is 4.79. The largest absolute Gasteiger partial charge is 0.487 e. The van der Waals surface area contributed by atoms with Gasteiger partial charge in [0.25, 0.3) is 0 Å². The summed E-state index contributed by atoms with van der Waals surface area (Å²) in [6.07, 6.45) is 2.46. The number of benzene rings is 3. The van der Waals surface area contributed by atoms with Crippen molar-refractivity contribution in [3.8, 4) is 16.9 Å².